The lowest BCUT2D eigenvalue weighted by Crippen LogP contribution is -2.41. The molecule has 1 aromatic carbocycles. The third-order valence-corrected chi connectivity index (χ3v) is 3.02. The second kappa shape index (κ2) is 7.53. The molecule has 0 saturated heterocycles. The van der Waals surface area contributed by atoms with Crippen LogP contribution in [-0.2, 0) is 4.79 Å². The summed E-state index contributed by atoms with van der Waals surface area (Å²) in [6.07, 6.45) is 0. The Hall–Kier alpha value is -2.04. The van der Waals surface area contributed by atoms with E-state index in [9.17, 15) is 9.59 Å². The molecule has 0 aliphatic rings. The molecule has 0 saturated carbocycles. The van der Waals surface area contributed by atoms with Crippen molar-refractivity contribution in [2.75, 3.05) is 20.2 Å². The summed E-state index contributed by atoms with van der Waals surface area (Å²) in [4.78, 5) is 25.0. The van der Waals surface area contributed by atoms with Crippen molar-refractivity contribution in [1.29, 1.82) is 0 Å². The monoisotopic (exact) mass is 278 g/mol. The number of hydrogen-bond donors (Lipinski definition) is 1. The van der Waals surface area contributed by atoms with E-state index in [1.807, 2.05) is 13.8 Å². The highest BCUT2D eigenvalue weighted by atomic mass is 16.5. The molecule has 0 radical (unpaired) electrons. The Labute approximate surface area is 119 Å². The predicted molar refractivity (Wildman–Crippen MR) is 77.9 cm³/mol. The van der Waals surface area contributed by atoms with Gasteiger partial charge in [-0.25, -0.2) is 0 Å². The van der Waals surface area contributed by atoms with Crippen molar-refractivity contribution in [2.24, 2.45) is 0 Å². The van der Waals surface area contributed by atoms with Gasteiger partial charge in [-0.3, -0.25) is 9.59 Å². The van der Waals surface area contributed by atoms with Crippen molar-refractivity contribution in [1.82, 2.24) is 10.2 Å². The van der Waals surface area contributed by atoms with Gasteiger partial charge in [0, 0.05) is 31.6 Å². The Morgan fingerprint density at radius 2 is 1.85 bits per heavy atom. The molecule has 0 aliphatic heterocycles. The molecule has 0 unspecified atom stereocenters. The first kappa shape index (κ1) is 16.0. The van der Waals surface area contributed by atoms with Gasteiger partial charge in [0.15, 0.2) is 0 Å². The normalized spacial score (nSPS) is 10.2. The van der Waals surface area contributed by atoms with Gasteiger partial charge in [0.05, 0.1) is 7.11 Å². The Balaban J connectivity index is 2.48. The van der Waals surface area contributed by atoms with Gasteiger partial charge >= 0.3 is 0 Å². The quantitative estimate of drug-likeness (QED) is 0.861. The summed E-state index contributed by atoms with van der Waals surface area (Å²) in [6.45, 7) is 6.38. The average molecular weight is 278 g/mol. The van der Waals surface area contributed by atoms with Crippen LogP contribution in [0.15, 0.2) is 24.3 Å². The van der Waals surface area contributed by atoms with Crippen molar-refractivity contribution in [3.8, 4) is 5.75 Å². The van der Waals surface area contributed by atoms with Gasteiger partial charge < -0.3 is 15.0 Å². The highest BCUT2D eigenvalue weighted by molar-refractivity contribution is 5.94. The SMILES string of the molecule is COc1ccc(C(=O)NCCN(C(C)=O)C(C)C)cc1. The Morgan fingerprint density at radius 3 is 2.30 bits per heavy atom. The second-order valence-electron chi connectivity index (χ2n) is 4.79. The van der Waals surface area contributed by atoms with E-state index >= 15 is 0 Å². The van der Waals surface area contributed by atoms with E-state index < -0.39 is 0 Å². The fourth-order valence-corrected chi connectivity index (χ4v) is 1.91. The van der Waals surface area contributed by atoms with Crippen molar-refractivity contribution < 1.29 is 14.3 Å². The number of carbonyl (C=O) groups excluding carboxylic acids is 2. The largest absolute Gasteiger partial charge is 0.497 e. The standard InChI is InChI=1S/C15H22N2O3/c1-11(2)17(12(3)18)10-9-16-15(19)13-5-7-14(20-4)8-6-13/h5-8,11H,9-10H2,1-4H3,(H,16,19). The van der Waals surface area contributed by atoms with Gasteiger partial charge in [0.2, 0.25) is 5.91 Å². The second-order valence-corrected chi connectivity index (χ2v) is 4.79. The fourth-order valence-electron chi connectivity index (χ4n) is 1.91. The van der Waals surface area contributed by atoms with Crippen molar-refractivity contribution >= 4 is 11.8 Å². The average Bonchev–Trinajstić information content (AvgIpc) is 2.42. The molecular formula is C15H22N2O3. The van der Waals surface area contributed by atoms with Crippen LogP contribution in [0.5, 0.6) is 5.75 Å². The molecule has 5 heteroatoms. The van der Waals surface area contributed by atoms with E-state index in [1.54, 1.807) is 36.3 Å². The lowest BCUT2D eigenvalue weighted by Gasteiger charge is -2.25. The molecule has 0 aromatic heterocycles. The van der Waals surface area contributed by atoms with Crippen LogP contribution in [-0.4, -0.2) is 43.0 Å². The van der Waals surface area contributed by atoms with Crippen LogP contribution in [0.3, 0.4) is 0 Å². The molecule has 1 aromatic rings. The highest BCUT2D eigenvalue weighted by Crippen LogP contribution is 2.10. The van der Waals surface area contributed by atoms with Crippen LogP contribution in [0.2, 0.25) is 0 Å². The Morgan fingerprint density at radius 1 is 1.25 bits per heavy atom. The summed E-state index contributed by atoms with van der Waals surface area (Å²) in [5.41, 5.74) is 0.574. The molecular weight excluding hydrogens is 256 g/mol. The van der Waals surface area contributed by atoms with Crippen LogP contribution in [0.4, 0.5) is 0 Å². The van der Waals surface area contributed by atoms with Crippen molar-refractivity contribution in [3.05, 3.63) is 29.8 Å². The van der Waals surface area contributed by atoms with Crippen LogP contribution < -0.4 is 10.1 Å². The Bertz CT molecular complexity index is 455. The molecule has 1 rings (SSSR count). The maximum Gasteiger partial charge on any atom is 0.251 e. The number of carbonyl (C=O) groups is 2. The summed E-state index contributed by atoms with van der Waals surface area (Å²) < 4.78 is 5.04. The summed E-state index contributed by atoms with van der Waals surface area (Å²) >= 11 is 0. The van der Waals surface area contributed by atoms with E-state index in [-0.39, 0.29) is 17.9 Å². The first-order chi connectivity index (χ1) is 9.45. The maximum absolute atomic E-state index is 11.9. The minimum atomic E-state index is -0.153. The van der Waals surface area contributed by atoms with E-state index in [1.165, 1.54) is 6.92 Å². The predicted octanol–water partition coefficient (Wildman–Crippen LogP) is 1.68. The molecule has 1 N–H and O–H groups in total. The van der Waals surface area contributed by atoms with Gasteiger partial charge in [-0.1, -0.05) is 0 Å². The third-order valence-electron chi connectivity index (χ3n) is 3.02. The van der Waals surface area contributed by atoms with Crippen LogP contribution in [0.1, 0.15) is 31.1 Å². The molecule has 2 amide bonds. The maximum atomic E-state index is 11.9. The molecule has 20 heavy (non-hydrogen) atoms. The van der Waals surface area contributed by atoms with Gasteiger partial charge in [-0.15, -0.1) is 0 Å². The lowest BCUT2D eigenvalue weighted by atomic mass is 10.2. The third kappa shape index (κ3) is 4.57. The van der Waals surface area contributed by atoms with Gasteiger partial charge in [0.25, 0.3) is 5.91 Å². The molecule has 0 bridgehead atoms. The van der Waals surface area contributed by atoms with E-state index in [0.717, 1.165) is 0 Å². The number of nitrogens with zero attached hydrogens (tertiary/aromatic N) is 1. The number of amides is 2. The molecule has 0 atom stereocenters. The first-order valence-electron chi connectivity index (χ1n) is 6.65. The minimum Gasteiger partial charge on any atom is -0.497 e. The summed E-state index contributed by atoms with van der Waals surface area (Å²) in [6, 6.07) is 7.03. The summed E-state index contributed by atoms with van der Waals surface area (Å²) in [7, 11) is 1.58. The number of rotatable bonds is 6. The van der Waals surface area contributed by atoms with Crippen LogP contribution >= 0.6 is 0 Å². The molecule has 0 spiro atoms. The highest BCUT2D eigenvalue weighted by Gasteiger charge is 2.12. The number of nitrogens with one attached hydrogen (secondary N) is 1. The van der Waals surface area contributed by atoms with Crippen molar-refractivity contribution in [3.63, 3.8) is 0 Å². The van der Waals surface area contributed by atoms with Gasteiger partial charge in [-0.2, -0.15) is 0 Å². The molecule has 5 nitrogen and oxygen atoms in total. The molecule has 0 fully saturated rings. The summed E-state index contributed by atoms with van der Waals surface area (Å²) in [5, 5.41) is 2.80. The zero-order valence-corrected chi connectivity index (χ0v) is 12.5. The van der Waals surface area contributed by atoms with Crippen LogP contribution in [0.25, 0.3) is 0 Å². The van der Waals surface area contributed by atoms with Crippen LogP contribution in [0, 0.1) is 0 Å². The minimum absolute atomic E-state index is 0.0127. The smallest absolute Gasteiger partial charge is 0.251 e. The number of benzene rings is 1. The molecule has 110 valence electrons. The van der Waals surface area contributed by atoms with Gasteiger partial charge in [-0.05, 0) is 38.1 Å². The summed E-state index contributed by atoms with van der Waals surface area (Å²) in [5.74, 6) is 0.572. The Kier molecular flexibility index (Phi) is 6.03. The number of methoxy groups -OCH3 is 1. The zero-order valence-electron chi connectivity index (χ0n) is 12.5. The molecule has 0 aliphatic carbocycles. The molecule has 0 heterocycles. The van der Waals surface area contributed by atoms with E-state index in [4.69, 9.17) is 4.74 Å². The van der Waals surface area contributed by atoms with Crippen molar-refractivity contribution in [2.45, 2.75) is 26.8 Å². The topological polar surface area (TPSA) is 58.6 Å². The first-order valence-corrected chi connectivity index (χ1v) is 6.65. The van der Waals surface area contributed by atoms with E-state index in [0.29, 0.717) is 24.4 Å². The zero-order chi connectivity index (χ0) is 15.1. The van der Waals surface area contributed by atoms with E-state index in [2.05, 4.69) is 5.32 Å². The fraction of sp³-hybridized carbons (Fsp3) is 0.467. The van der Waals surface area contributed by atoms with Gasteiger partial charge in [0.1, 0.15) is 5.75 Å². The lowest BCUT2D eigenvalue weighted by molar-refractivity contribution is -0.130. The number of ether oxygens (including phenoxy) is 1. The number of hydrogen-bond acceptors (Lipinski definition) is 3.